The molecule has 3 fully saturated rings. The van der Waals surface area contributed by atoms with Crippen LogP contribution in [0.25, 0.3) is 0 Å². The third-order valence-electron chi connectivity index (χ3n) is 4.70. The molecule has 3 aliphatic rings. The molecule has 4 nitrogen and oxygen atoms in total. The van der Waals surface area contributed by atoms with Crippen molar-refractivity contribution in [1.82, 2.24) is 10.2 Å². The molecule has 2 saturated heterocycles. The standard InChI is InChI=1S/C16H30N2O2/c1-2-10-19-16(5-1)20-11-9-18(12-14-6-7-14)13-15-4-3-8-17-15/h14-17H,1-13H2. The summed E-state index contributed by atoms with van der Waals surface area (Å²) in [5, 5.41) is 3.61. The van der Waals surface area contributed by atoms with E-state index in [-0.39, 0.29) is 6.29 Å². The molecule has 0 radical (unpaired) electrons. The largest absolute Gasteiger partial charge is 0.353 e. The second-order valence-corrected chi connectivity index (χ2v) is 6.66. The molecule has 116 valence electrons. The van der Waals surface area contributed by atoms with Gasteiger partial charge < -0.3 is 14.8 Å². The van der Waals surface area contributed by atoms with Crippen LogP contribution in [0.15, 0.2) is 0 Å². The number of rotatable bonds is 8. The van der Waals surface area contributed by atoms with E-state index in [4.69, 9.17) is 9.47 Å². The Kier molecular flexibility index (Phi) is 5.71. The molecule has 3 rings (SSSR count). The molecule has 0 aromatic carbocycles. The number of hydrogen-bond acceptors (Lipinski definition) is 4. The Labute approximate surface area is 123 Å². The Morgan fingerprint density at radius 2 is 2.00 bits per heavy atom. The molecule has 1 saturated carbocycles. The van der Waals surface area contributed by atoms with E-state index in [0.717, 1.165) is 32.1 Å². The van der Waals surface area contributed by atoms with Crippen LogP contribution < -0.4 is 5.32 Å². The van der Waals surface area contributed by atoms with Gasteiger partial charge in [0, 0.05) is 32.3 Å². The maximum atomic E-state index is 5.90. The highest BCUT2D eigenvalue weighted by molar-refractivity contribution is 4.82. The molecule has 2 atom stereocenters. The van der Waals surface area contributed by atoms with E-state index in [1.807, 2.05) is 0 Å². The normalized spacial score (nSPS) is 31.1. The number of nitrogens with zero attached hydrogens (tertiary/aromatic N) is 1. The molecular formula is C16H30N2O2. The van der Waals surface area contributed by atoms with E-state index in [1.54, 1.807) is 0 Å². The summed E-state index contributed by atoms with van der Waals surface area (Å²) in [4.78, 5) is 2.61. The van der Waals surface area contributed by atoms with Crippen molar-refractivity contribution in [2.24, 2.45) is 5.92 Å². The van der Waals surface area contributed by atoms with Crippen LogP contribution >= 0.6 is 0 Å². The molecule has 0 aromatic rings. The topological polar surface area (TPSA) is 33.7 Å². The molecule has 4 heteroatoms. The van der Waals surface area contributed by atoms with Gasteiger partial charge in [0.05, 0.1) is 6.61 Å². The van der Waals surface area contributed by atoms with Crippen LogP contribution in [0.3, 0.4) is 0 Å². The lowest BCUT2D eigenvalue weighted by Crippen LogP contribution is -2.40. The van der Waals surface area contributed by atoms with Crippen molar-refractivity contribution >= 4 is 0 Å². The summed E-state index contributed by atoms with van der Waals surface area (Å²) in [5.41, 5.74) is 0. The SMILES string of the molecule is C1CCC(OCCN(CC2CC2)CC2CCCN2)OC1. The van der Waals surface area contributed by atoms with Crippen LogP contribution in [0.2, 0.25) is 0 Å². The molecule has 2 unspecified atom stereocenters. The van der Waals surface area contributed by atoms with Crippen molar-refractivity contribution < 1.29 is 9.47 Å². The molecule has 0 aromatic heterocycles. The van der Waals surface area contributed by atoms with Crippen molar-refractivity contribution in [1.29, 1.82) is 0 Å². The van der Waals surface area contributed by atoms with Crippen molar-refractivity contribution in [3.8, 4) is 0 Å². The molecule has 0 spiro atoms. The lowest BCUT2D eigenvalue weighted by Gasteiger charge is -2.27. The third-order valence-corrected chi connectivity index (χ3v) is 4.70. The van der Waals surface area contributed by atoms with E-state index >= 15 is 0 Å². The molecule has 1 N–H and O–H groups in total. The molecule has 0 amide bonds. The van der Waals surface area contributed by atoms with Crippen LogP contribution in [-0.4, -0.2) is 56.6 Å². The summed E-state index contributed by atoms with van der Waals surface area (Å²) in [6, 6.07) is 0.708. The second-order valence-electron chi connectivity index (χ2n) is 6.66. The minimum absolute atomic E-state index is 0.0659. The fourth-order valence-electron chi connectivity index (χ4n) is 3.30. The maximum Gasteiger partial charge on any atom is 0.157 e. The predicted molar refractivity (Wildman–Crippen MR) is 79.7 cm³/mol. The van der Waals surface area contributed by atoms with Gasteiger partial charge in [-0.3, -0.25) is 4.90 Å². The third kappa shape index (κ3) is 4.99. The van der Waals surface area contributed by atoms with Gasteiger partial charge in [0.2, 0.25) is 0 Å². The van der Waals surface area contributed by atoms with Crippen LogP contribution in [0, 0.1) is 5.92 Å². The van der Waals surface area contributed by atoms with Crippen molar-refractivity contribution in [3.05, 3.63) is 0 Å². The Morgan fingerprint density at radius 3 is 2.70 bits per heavy atom. The summed E-state index contributed by atoms with van der Waals surface area (Å²) in [6.45, 7) is 6.44. The predicted octanol–water partition coefficient (Wildman–Crippen LogP) is 1.99. The van der Waals surface area contributed by atoms with Crippen LogP contribution in [0.1, 0.15) is 44.9 Å². The van der Waals surface area contributed by atoms with E-state index in [9.17, 15) is 0 Å². The molecule has 20 heavy (non-hydrogen) atoms. The highest BCUT2D eigenvalue weighted by atomic mass is 16.7. The van der Waals surface area contributed by atoms with E-state index in [1.165, 1.54) is 58.2 Å². The van der Waals surface area contributed by atoms with Crippen molar-refractivity contribution in [2.45, 2.75) is 57.3 Å². The molecule has 0 bridgehead atoms. The van der Waals surface area contributed by atoms with Crippen LogP contribution in [-0.2, 0) is 9.47 Å². The highest BCUT2D eigenvalue weighted by Gasteiger charge is 2.26. The summed E-state index contributed by atoms with van der Waals surface area (Å²) >= 11 is 0. The van der Waals surface area contributed by atoms with Gasteiger partial charge in [-0.05, 0) is 57.4 Å². The average molecular weight is 282 g/mol. The fourth-order valence-corrected chi connectivity index (χ4v) is 3.30. The first-order valence-electron chi connectivity index (χ1n) is 8.59. The second kappa shape index (κ2) is 7.74. The zero-order valence-electron chi connectivity index (χ0n) is 12.7. The molecule has 2 heterocycles. The minimum atomic E-state index is 0.0659. The van der Waals surface area contributed by atoms with E-state index in [0.29, 0.717) is 6.04 Å². The van der Waals surface area contributed by atoms with E-state index in [2.05, 4.69) is 10.2 Å². The maximum absolute atomic E-state index is 5.90. The quantitative estimate of drug-likeness (QED) is 0.738. The summed E-state index contributed by atoms with van der Waals surface area (Å²) < 4.78 is 11.5. The van der Waals surface area contributed by atoms with Gasteiger partial charge in [0.25, 0.3) is 0 Å². The Bertz CT molecular complexity index is 272. The zero-order valence-corrected chi connectivity index (χ0v) is 12.7. The number of ether oxygens (including phenoxy) is 2. The summed E-state index contributed by atoms with van der Waals surface area (Å²) in [6.07, 6.45) is 9.14. The van der Waals surface area contributed by atoms with E-state index < -0.39 is 0 Å². The average Bonchev–Trinajstić information content (AvgIpc) is 3.13. The van der Waals surface area contributed by atoms with Gasteiger partial charge in [0.15, 0.2) is 6.29 Å². The lowest BCUT2D eigenvalue weighted by atomic mass is 10.2. The van der Waals surface area contributed by atoms with Gasteiger partial charge in [-0.25, -0.2) is 0 Å². The molecular weight excluding hydrogens is 252 g/mol. The first kappa shape index (κ1) is 14.8. The van der Waals surface area contributed by atoms with Gasteiger partial charge in [-0.15, -0.1) is 0 Å². The first-order chi connectivity index (χ1) is 9.90. The molecule has 1 aliphatic carbocycles. The molecule has 2 aliphatic heterocycles. The van der Waals surface area contributed by atoms with Crippen molar-refractivity contribution in [3.63, 3.8) is 0 Å². The summed E-state index contributed by atoms with van der Waals surface area (Å²) in [5.74, 6) is 0.960. The van der Waals surface area contributed by atoms with Crippen LogP contribution in [0.5, 0.6) is 0 Å². The zero-order chi connectivity index (χ0) is 13.6. The number of hydrogen-bond donors (Lipinski definition) is 1. The monoisotopic (exact) mass is 282 g/mol. The smallest absolute Gasteiger partial charge is 0.157 e. The van der Waals surface area contributed by atoms with Gasteiger partial charge in [-0.2, -0.15) is 0 Å². The minimum Gasteiger partial charge on any atom is -0.353 e. The summed E-state index contributed by atoms with van der Waals surface area (Å²) in [7, 11) is 0. The highest BCUT2D eigenvalue weighted by Crippen LogP contribution is 2.29. The Hall–Kier alpha value is -0.160. The van der Waals surface area contributed by atoms with Crippen molar-refractivity contribution in [2.75, 3.05) is 39.4 Å². The van der Waals surface area contributed by atoms with Gasteiger partial charge in [-0.1, -0.05) is 0 Å². The first-order valence-corrected chi connectivity index (χ1v) is 8.59. The number of nitrogens with one attached hydrogen (secondary N) is 1. The lowest BCUT2D eigenvalue weighted by molar-refractivity contribution is -0.164. The van der Waals surface area contributed by atoms with Crippen LogP contribution in [0.4, 0.5) is 0 Å². The van der Waals surface area contributed by atoms with Gasteiger partial charge in [0.1, 0.15) is 0 Å². The Balaban J connectivity index is 1.35. The fraction of sp³-hybridized carbons (Fsp3) is 1.00. The van der Waals surface area contributed by atoms with Gasteiger partial charge >= 0.3 is 0 Å². The Morgan fingerprint density at radius 1 is 1.05 bits per heavy atom.